The van der Waals surface area contributed by atoms with Crippen LogP contribution in [0.3, 0.4) is 0 Å². The lowest BCUT2D eigenvalue weighted by molar-refractivity contribution is 0.0697. The van der Waals surface area contributed by atoms with Crippen LogP contribution in [0.5, 0.6) is 0 Å². The maximum absolute atomic E-state index is 10.8. The molecule has 0 aliphatic carbocycles. The molecule has 0 amide bonds. The third kappa shape index (κ3) is 3.18. The molecule has 0 saturated carbocycles. The number of rotatable bonds is 4. The Hall–Kier alpha value is -2.29. The molecule has 0 heterocycles. The largest absolute Gasteiger partial charge is 0.478 e. The van der Waals surface area contributed by atoms with Gasteiger partial charge in [-0.2, -0.15) is 0 Å². The molecule has 0 radical (unpaired) electrons. The summed E-state index contributed by atoms with van der Waals surface area (Å²) < 4.78 is 0. The van der Waals surface area contributed by atoms with Gasteiger partial charge in [0.15, 0.2) is 0 Å². The SMILES string of the molecule is Cc1ccc(C(C)Nc2ccc(C(=O)O)cc2)cc1C. The second-order valence-corrected chi connectivity index (χ2v) is 5.09. The minimum absolute atomic E-state index is 0.171. The minimum atomic E-state index is -0.904. The van der Waals surface area contributed by atoms with Crippen LogP contribution in [0.2, 0.25) is 0 Å². The lowest BCUT2D eigenvalue weighted by atomic mass is 10.0. The van der Waals surface area contributed by atoms with E-state index in [2.05, 4.69) is 44.3 Å². The number of hydrogen-bond donors (Lipinski definition) is 2. The van der Waals surface area contributed by atoms with Gasteiger partial charge in [-0.3, -0.25) is 0 Å². The number of nitrogens with one attached hydrogen (secondary N) is 1. The van der Waals surface area contributed by atoms with Gasteiger partial charge in [0.25, 0.3) is 0 Å². The van der Waals surface area contributed by atoms with Crippen molar-refractivity contribution in [2.45, 2.75) is 26.8 Å². The summed E-state index contributed by atoms with van der Waals surface area (Å²) in [6.07, 6.45) is 0. The van der Waals surface area contributed by atoms with Crippen molar-refractivity contribution >= 4 is 11.7 Å². The number of hydrogen-bond acceptors (Lipinski definition) is 2. The molecular weight excluding hydrogens is 250 g/mol. The summed E-state index contributed by atoms with van der Waals surface area (Å²) in [5.74, 6) is -0.904. The highest BCUT2D eigenvalue weighted by molar-refractivity contribution is 5.88. The first kappa shape index (κ1) is 14.1. The maximum atomic E-state index is 10.8. The standard InChI is InChI=1S/C17H19NO2/c1-11-4-5-15(10-12(11)2)13(3)18-16-8-6-14(7-9-16)17(19)20/h4-10,13,18H,1-3H3,(H,19,20). The smallest absolute Gasteiger partial charge is 0.335 e. The highest BCUT2D eigenvalue weighted by Crippen LogP contribution is 2.21. The van der Waals surface area contributed by atoms with E-state index >= 15 is 0 Å². The fraction of sp³-hybridized carbons (Fsp3) is 0.235. The normalized spacial score (nSPS) is 11.9. The zero-order chi connectivity index (χ0) is 14.7. The average Bonchev–Trinajstić information content (AvgIpc) is 2.42. The van der Waals surface area contributed by atoms with Crippen molar-refractivity contribution in [2.75, 3.05) is 5.32 Å². The highest BCUT2D eigenvalue weighted by Gasteiger charge is 2.07. The monoisotopic (exact) mass is 269 g/mol. The number of carboxylic acids is 1. The van der Waals surface area contributed by atoms with E-state index in [4.69, 9.17) is 5.11 Å². The zero-order valence-electron chi connectivity index (χ0n) is 12.0. The van der Waals surface area contributed by atoms with Gasteiger partial charge in [-0.15, -0.1) is 0 Å². The van der Waals surface area contributed by atoms with Gasteiger partial charge in [-0.05, 0) is 61.7 Å². The van der Waals surface area contributed by atoms with Gasteiger partial charge in [0.05, 0.1) is 5.56 Å². The van der Waals surface area contributed by atoms with E-state index in [9.17, 15) is 4.79 Å². The van der Waals surface area contributed by atoms with Crippen LogP contribution in [-0.2, 0) is 0 Å². The number of benzene rings is 2. The summed E-state index contributed by atoms with van der Waals surface area (Å²) in [4.78, 5) is 10.8. The van der Waals surface area contributed by atoms with Crippen molar-refractivity contribution in [3.05, 3.63) is 64.7 Å². The van der Waals surface area contributed by atoms with Crippen molar-refractivity contribution in [1.29, 1.82) is 0 Å². The van der Waals surface area contributed by atoms with Crippen molar-refractivity contribution in [3.8, 4) is 0 Å². The van der Waals surface area contributed by atoms with Gasteiger partial charge in [-0.25, -0.2) is 4.79 Å². The summed E-state index contributed by atoms with van der Waals surface area (Å²) in [5, 5.41) is 12.2. The van der Waals surface area contributed by atoms with E-state index in [0.29, 0.717) is 5.56 Å². The molecule has 3 nitrogen and oxygen atoms in total. The second-order valence-electron chi connectivity index (χ2n) is 5.09. The van der Waals surface area contributed by atoms with Gasteiger partial charge in [0.1, 0.15) is 0 Å². The van der Waals surface area contributed by atoms with Gasteiger partial charge in [0, 0.05) is 11.7 Å². The Morgan fingerprint density at radius 1 is 1.05 bits per heavy atom. The molecule has 0 bridgehead atoms. The van der Waals surface area contributed by atoms with E-state index in [1.807, 2.05) is 0 Å². The highest BCUT2D eigenvalue weighted by atomic mass is 16.4. The van der Waals surface area contributed by atoms with Crippen LogP contribution in [0.1, 0.15) is 40.0 Å². The predicted octanol–water partition coefficient (Wildman–Crippen LogP) is 4.17. The molecular formula is C17H19NO2. The molecule has 0 aliphatic rings. The molecule has 1 unspecified atom stereocenters. The van der Waals surface area contributed by atoms with E-state index in [1.54, 1.807) is 24.3 Å². The van der Waals surface area contributed by atoms with Crippen LogP contribution >= 0.6 is 0 Å². The van der Waals surface area contributed by atoms with Crippen LogP contribution in [-0.4, -0.2) is 11.1 Å². The van der Waals surface area contributed by atoms with Crippen molar-refractivity contribution in [1.82, 2.24) is 0 Å². The Bertz CT molecular complexity index is 617. The number of aryl methyl sites for hydroxylation is 2. The molecule has 2 rings (SSSR count). The lowest BCUT2D eigenvalue weighted by Crippen LogP contribution is -2.07. The van der Waals surface area contributed by atoms with Crippen molar-refractivity contribution in [2.24, 2.45) is 0 Å². The summed E-state index contributed by atoms with van der Waals surface area (Å²) in [7, 11) is 0. The van der Waals surface area contributed by atoms with Crippen LogP contribution < -0.4 is 5.32 Å². The van der Waals surface area contributed by atoms with Crippen molar-refractivity contribution < 1.29 is 9.90 Å². The third-order valence-corrected chi connectivity index (χ3v) is 3.55. The molecule has 104 valence electrons. The maximum Gasteiger partial charge on any atom is 0.335 e. The summed E-state index contributed by atoms with van der Waals surface area (Å²) in [5.41, 5.74) is 5.00. The molecule has 0 saturated heterocycles. The fourth-order valence-corrected chi connectivity index (χ4v) is 2.08. The molecule has 2 N–H and O–H groups in total. The number of carboxylic acid groups (broad SMARTS) is 1. The Morgan fingerprint density at radius 3 is 2.25 bits per heavy atom. The molecule has 0 aromatic heterocycles. The molecule has 3 heteroatoms. The van der Waals surface area contributed by atoms with Crippen molar-refractivity contribution in [3.63, 3.8) is 0 Å². The van der Waals surface area contributed by atoms with E-state index in [0.717, 1.165) is 5.69 Å². The van der Waals surface area contributed by atoms with E-state index < -0.39 is 5.97 Å². The number of carbonyl (C=O) groups is 1. The molecule has 2 aromatic carbocycles. The topological polar surface area (TPSA) is 49.3 Å². The number of anilines is 1. The van der Waals surface area contributed by atoms with Gasteiger partial charge in [0.2, 0.25) is 0 Å². The van der Waals surface area contributed by atoms with Gasteiger partial charge >= 0.3 is 5.97 Å². The summed E-state index contributed by atoms with van der Waals surface area (Å²) in [6.45, 7) is 6.30. The number of aromatic carboxylic acids is 1. The van der Waals surface area contributed by atoms with E-state index in [-0.39, 0.29) is 6.04 Å². The molecule has 0 spiro atoms. The minimum Gasteiger partial charge on any atom is -0.478 e. The van der Waals surface area contributed by atoms with Gasteiger partial charge < -0.3 is 10.4 Å². The zero-order valence-corrected chi connectivity index (χ0v) is 12.0. The molecule has 1 atom stereocenters. The van der Waals surface area contributed by atoms with Crippen LogP contribution in [0, 0.1) is 13.8 Å². The second kappa shape index (κ2) is 5.78. The Balaban J connectivity index is 2.12. The van der Waals surface area contributed by atoms with E-state index in [1.165, 1.54) is 16.7 Å². The third-order valence-electron chi connectivity index (χ3n) is 3.55. The predicted molar refractivity (Wildman–Crippen MR) is 81.4 cm³/mol. The summed E-state index contributed by atoms with van der Waals surface area (Å²) in [6, 6.07) is 13.4. The first-order valence-electron chi connectivity index (χ1n) is 6.64. The first-order valence-corrected chi connectivity index (χ1v) is 6.64. The quantitative estimate of drug-likeness (QED) is 0.875. The van der Waals surface area contributed by atoms with Crippen LogP contribution in [0.4, 0.5) is 5.69 Å². The average molecular weight is 269 g/mol. The first-order chi connectivity index (χ1) is 9.47. The van der Waals surface area contributed by atoms with Crippen LogP contribution in [0.25, 0.3) is 0 Å². The van der Waals surface area contributed by atoms with Gasteiger partial charge in [-0.1, -0.05) is 18.2 Å². The lowest BCUT2D eigenvalue weighted by Gasteiger charge is -2.17. The Kier molecular flexibility index (Phi) is 4.08. The fourth-order valence-electron chi connectivity index (χ4n) is 2.08. The molecule has 20 heavy (non-hydrogen) atoms. The van der Waals surface area contributed by atoms with Crippen LogP contribution in [0.15, 0.2) is 42.5 Å². The molecule has 0 fully saturated rings. The Labute approximate surface area is 119 Å². The molecule has 0 aliphatic heterocycles. The summed E-state index contributed by atoms with van der Waals surface area (Å²) >= 11 is 0. The Morgan fingerprint density at radius 2 is 1.70 bits per heavy atom. The molecule has 2 aromatic rings.